The Hall–Kier alpha value is -1.47. The molecular weight excluding hydrogens is 268 g/mol. The molecule has 2 aromatic carbocycles. The van der Waals surface area contributed by atoms with Gasteiger partial charge in [-0.05, 0) is 48.1 Å². The van der Waals surface area contributed by atoms with E-state index in [0.717, 1.165) is 12.2 Å². The molecule has 0 fully saturated rings. The van der Waals surface area contributed by atoms with Gasteiger partial charge in [0.1, 0.15) is 12.4 Å². The molecule has 2 rings (SSSR count). The summed E-state index contributed by atoms with van der Waals surface area (Å²) in [7, 11) is 0. The predicted molar refractivity (Wildman–Crippen MR) is 85.7 cm³/mol. The maximum atomic E-state index is 5.84. The zero-order chi connectivity index (χ0) is 14.4. The van der Waals surface area contributed by atoms with Gasteiger partial charge in [-0.15, -0.1) is 11.6 Å². The first kappa shape index (κ1) is 14.9. The molecule has 0 radical (unpaired) electrons. The van der Waals surface area contributed by atoms with Gasteiger partial charge in [-0.1, -0.05) is 43.3 Å². The Morgan fingerprint density at radius 3 is 2.50 bits per heavy atom. The molecule has 0 heterocycles. The largest absolute Gasteiger partial charge is 0.489 e. The Morgan fingerprint density at radius 1 is 1.10 bits per heavy atom. The Morgan fingerprint density at radius 2 is 1.85 bits per heavy atom. The molecule has 0 aliphatic heterocycles. The molecule has 106 valence electrons. The van der Waals surface area contributed by atoms with E-state index in [9.17, 15) is 0 Å². The minimum Gasteiger partial charge on any atom is -0.489 e. The summed E-state index contributed by atoms with van der Waals surface area (Å²) in [5, 5.41) is 0. The maximum absolute atomic E-state index is 5.84. The molecule has 0 saturated carbocycles. The van der Waals surface area contributed by atoms with Crippen molar-refractivity contribution in [1.82, 2.24) is 0 Å². The number of alkyl halides is 1. The van der Waals surface area contributed by atoms with E-state index in [1.165, 1.54) is 16.7 Å². The Balaban J connectivity index is 2.02. The third-order valence-corrected chi connectivity index (χ3v) is 3.78. The van der Waals surface area contributed by atoms with E-state index in [2.05, 4.69) is 44.2 Å². The summed E-state index contributed by atoms with van der Waals surface area (Å²) in [5.41, 5.74) is 3.82. The SMILES string of the molecule is Cc1cc(OCc2ccccc2)ccc1C(C)CCCl. The molecule has 0 aliphatic rings. The first-order valence-electron chi connectivity index (χ1n) is 7.04. The van der Waals surface area contributed by atoms with Crippen LogP contribution >= 0.6 is 11.6 Å². The van der Waals surface area contributed by atoms with Crippen LogP contribution in [0.5, 0.6) is 5.75 Å². The van der Waals surface area contributed by atoms with Gasteiger partial charge in [-0.3, -0.25) is 0 Å². The van der Waals surface area contributed by atoms with Crippen molar-refractivity contribution in [3.63, 3.8) is 0 Å². The van der Waals surface area contributed by atoms with Crippen LogP contribution in [0.1, 0.15) is 36.0 Å². The van der Waals surface area contributed by atoms with Crippen LogP contribution in [0, 0.1) is 6.92 Å². The second kappa shape index (κ2) is 7.35. The summed E-state index contributed by atoms with van der Waals surface area (Å²) in [6, 6.07) is 16.5. The van der Waals surface area contributed by atoms with Crippen molar-refractivity contribution in [2.45, 2.75) is 32.8 Å². The van der Waals surface area contributed by atoms with Crippen molar-refractivity contribution in [2.75, 3.05) is 5.88 Å². The van der Waals surface area contributed by atoms with E-state index < -0.39 is 0 Å². The van der Waals surface area contributed by atoms with Crippen molar-refractivity contribution in [1.29, 1.82) is 0 Å². The van der Waals surface area contributed by atoms with Crippen molar-refractivity contribution >= 4 is 11.6 Å². The predicted octanol–water partition coefficient (Wildman–Crippen LogP) is 5.31. The van der Waals surface area contributed by atoms with Crippen LogP contribution in [0.4, 0.5) is 0 Å². The first-order chi connectivity index (χ1) is 9.70. The Kier molecular flexibility index (Phi) is 5.49. The fourth-order valence-electron chi connectivity index (χ4n) is 2.35. The number of halogens is 1. The third-order valence-electron chi connectivity index (χ3n) is 3.56. The number of aryl methyl sites for hydroxylation is 1. The van der Waals surface area contributed by atoms with Gasteiger partial charge in [0.25, 0.3) is 0 Å². The zero-order valence-electron chi connectivity index (χ0n) is 12.1. The zero-order valence-corrected chi connectivity index (χ0v) is 12.9. The smallest absolute Gasteiger partial charge is 0.120 e. The number of hydrogen-bond donors (Lipinski definition) is 0. The van der Waals surface area contributed by atoms with Crippen molar-refractivity contribution < 1.29 is 4.74 Å². The summed E-state index contributed by atoms with van der Waals surface area (Å²) in [4.78, 5) is 0. The third kappa shape index (κ3) is 4.01. The Labute approximate surface area is 126 Å². The lowest BCUT2D eigenvalue weighted by atomic mass is 9.94. The number of rotatable bonds is 6. The number of hydrogen-bond acceptors (Lipinski definition) is 1. The minimum atomic E-state index is 0.496. The lowest BCUT2D eigenvalue weighted by molar-refractivity contribution is 0.306. The van der Waals surface area contributed by atoms with Crippen LogP contribution in [0.15, 0.2) is 48.5 Å². The van der Waals surface area contributed by atoms with Crippen molar-refractivity contribution in [3.05, 3.63) is 65.2 Å². The van der Waals surface area contributed by atoms with E-state index >= 15 is 0 Å². The van der Waals surface area contributed by atoms with Crippen LogP contribution in [0.2, 0.25) is 0 Å². The summed E-state index contributed by atoms with van der Waals surface area (Å²) in [5.74, 6) is 2.12. The molecule has 0 amide bonds. The molecule has 0 N–H and O–H groups in total. The highest BCUT2D eigenvalue weighted by Crippen LogP contribution is 2.26. The average molecular weight is 289 g/mol. The van der Waals surface area contributed by atoms with Gasteiger partial charge >= 0.3 is 0 Å². The normalized spacial score (nSPS) is 12.2. The summed E-state index contributed by atoms with van der Waals surface area (Å²) in [6.45, 7) is 4.96. The summed E-state index contributed by atoms with van der Waals surface area (Å²) >= 11 is 5.82. The molecular formula is C18H21ClO. The molecule has 2 heteroatoms. The molecule has 2 aromatic rings. The standard InChI is InChI=1S/C18H21ClO/c1-14(10-11-19)18-9-8-17(12-15(18)2)20-13-16-6-4-3-5-7-16/h3-9,12,14H,10-11,13H2,1-2H3. The summed E-state index contributed by atoms with van der Waals surface area (Å²) in [6.07, 6.45) is 1.01. The van der Waals surface area contributed by atoms with Gasteiger partial charge in [0.15, 0.2) is 0 Å². The minimum absolute atomic E-state index is 0.496. The van der Waals surface area contributed by atoms with E-state index in [1.54, 1.807) is 0 Å². The number of ether oxygens (including phenoxy) is 1. The van der Waals surface area contributed by atoms with Gasteiger partial charge in [-0.2, -0.15) is 0 Å². The summed E-state index contributed by atoms with van der Waals surface area (Å²) < 4.78 is 5.84. The topological polar surface area (TPSA) is 9.23 Å². The van der Waals surface area contributed by atoms with E-state index in [4.69, 9.17) is 16.3 Å². The van der Waals surface area contributed by atoms with Crippen LogP contribution in [-0.4, -0.2) is 5.88 Å². The quantitative estimate of drug-likeness (QED) is 0.655. The molecule has 1 unspecified atom stereocenters. The van der Waals surface area contributed by atoms with Gasteiger partial charge in [0.2, 0.25) is 0 Å². The molecule has 1 nitrogen and oxygen atoms in total. The maximum Gasteiger partial charge on any atom is 0.120 e. The van der Waals surface area contributed by atoms with Crippen LogP contribution in [-0.2, 0) is 6.61 Å². The van der Waals surface area contributed by atoms with Crippen LogP contribution < -0.4 is 4.74 Å². The van der Waals surface area contributed by atoms with E-state index in [-0.39, 0.29) is 0 Å². The van der Waals surface area contributed by atoms with E-state index in [0.29, 0.717) is 18.4 Å². The molecule has 1 atom stereocenters. The second-order valence-corrected chi connectivity index (χ2v) is 5.55. The Bertz CT molecular complexity index is 536. The molecule has 0 bridgehead atoms. The fourth-order valence-corrected chi connectivity index (χ4v) is 2.68. The van der Waals surface area contributed by atoms with Gasteiger partial charge < -0.3 is 4.74 Å². The second-order valence-electron chi connectivity index (χ2n) is 5.17. The van der Waals surface area contributed by atoms with Gasteiger partial charge in [-0.25, -0.2) is 0 Å². The lowest BCUT2D eigenvalue weighted by Gasteiger charge is -2.15. The van der Waals surface area contributed by atoms with Crippen molar-refractivity contribution in [3.8, 4) is 5.75 Å². The van der Waals surface area contributed by atoms with Crippen LogP contribution in [0.25, 0.3) is 0 Å². The highest BCUT2D eigenvalue weighted by molar-refractivity contribution is 6.17. The van der Waals surface area contributed by atoms with Gasteiger partial charge in [0.05, 0.1) is 0 Å². The highest BCUT2D eigenvalue weighted by Gasteiger charge is 2.08. The average Bonchev–Trinajstić information content (AvgIpc) is 2.46. The molecule has 0 saturated heterocycles. The molecule has 0 aliphatic carbocycles. The van der Waals surface area contributed by atoms with Gasteiger partial charge in [0, 0.05) is 5.88 Å². The lowest BCUT2D eigenvalue weighted by Crippen LogP contribution is -2.00. The first-order valence-corrected chi connectivity index (χ1v) is 7.57. The molecule has 0 spiro atoms. The van der Waals surface area contributed by atoms with Crippen LogP contribution in [0.3, 0.4) is 0 Å². The molecule has 20 heavy (non-hydrogen) atoms. The number of benzene rings is 2. The van der Waals surface area contributed by atoms with Crippen molar-refractivity contribution in [2.24, 2.45) is 0 Å². The molecule has 0 aromatic heterocycles. The van der Waals surface area contributed by atoms with E-state index in [1.807, 2.05) is 18.2 Å². The fraction of sp³-hybridized carbons (Fsp3) is 0.333. The highest BCUT2D eigenvalue weighted by atomic mass is 35.5. The monoisotopic (exact) mass is 288 g/mol.